The van der Waals surface area contributed by atoms with E-state index in [1.807, 2.05) is 41.3 Å². The van der Waals surface area contributed by atoms with Crippen LogP contribution in [0.1, 0.15) is 20.3 Å². The number of hydrogen-bond acceptors (Lipinski definition) is 4. The van der Waals surface area contributed by atoms with Gasteiger partial charge < -0.3 is 9.64 Å². The highest BCUT2D eigenvalue weighted by Crippen LogP contribution is 2.34. The minimum Gasteiger partial charge on any atom is -0.494 e. The van der Waals surface area contributed by atoms with Crippen LogP contribution in [0.15, 0.2) is 67.0 Å². The zero-order chi connectivity index (χ0) is 24.3. The molecule has 2 heterocycles. The molecule has 34 heavy (non-hydrogen) atoms. The lowest BCUT2D eigenvalue weighted by molar-refractivity contribution is -0.123. The van der Waals surface area contributed by atoms with Crippen molar-refractivity contribution in [2.45, 2.75) is 25.8 Å². The van der Waals surface area contributed by atoms with Gasteiger partial charge in [-0.05, 0) is 80.0 Å². The molecule has 8 heteroatoms. The summed E-state index contributed by atoms with van der Waals surface area (Å²) in [7, 11) is 0. The molecule has 1 aliphatic rings. The number of aromatic nitrogens is 1. The number of carbonyl (C=O) groups excluding carboxylic acids is 1. The van der Waals surface area contributed by atoms with E-state index in [2.05, 4.69) is 9.83 Å². The third kappa shape index (κ3) is 4.47. The summed E-state index contributed by atoms with van der Waals surface area (Å²) in [6, 6.07) is 15.8. The molecule has 0 atom stereocenters. The Kier molecular flexibility index (Phi) is 6.57. The summed E-state index contributed by atoms with van der Waals surface area (Å²) >= 11 is 5.58. The van der Waals surface area contributed by atoms with Crippen LogP contribution < -0.4 is 9.64 Å². The highest BCUT2D eigenvalue weighted by atomic mass is 32.1. The summed E-state index contributed by atoms with van der Waals surface area (Å²) in [5, 5.41) is 0.312. The number of pyridine rings is 1. The van der Waals surface area contributed by atoms with Gasteiger partial charge in [0, 0.05) is 18.9 Å². The fourth-order valence-electron chi connectivity index (χ4n) is 3.86. The van der Waals surface area contributed by atoms with E-state index < -0.39 is 11.4 Å². The fraction of sp³-hybridized carbons (Fsp3) is 0.231. The highest BCUT2D eigenvalue weighted by Gasteiger charge is 2.49. The number of ether oxygens (including phenoxy) is 1. The fourth-order valence-corrected chi connectivity index (χ4v) is 4.37. The minimum absolute atomic E-state index is 0.0941. The van der Waals surface area contributed by atoms with Crippen molar-refractivity contribution < 1.29 is 13.9 Å². The van der Waals surface area contributed by atoms with E-state index >= 15 is 0 Å². The smallest absolute Gasteiger partial charge is 0.258 e. The third-order valence-electron chi connectivity index (χ3n) is 5.80. The molecule has 0 N–H and O–H groups in total. The first kappa shape index (κ1) is 23.3. The van der Waals surface area contributed by atoms with Gasteiger partial charge in [-0.2, -0.15) is 0 Å². The van der Waals surface area contributed by atoms with Crippen molar-refractivity contribution >= 4 is 34.6 Å². The molecular weight excluding hydrogens is 451 g/mol. The third-order valence-corrected chi connectivity index (χ3v) is 6.20. The molecule has 0 bridgehead atoms. The minimum atomic E-state index is -0.877. The predicted octanol–water partition coefficient (Wildman–Crippen LogP) is 5.62. The molecule has 0 radical (unpaired) electrons. The van der Waals surface area contributed by atoms with Gasteiger partial charge in [0.05, 0.1) is 18.9 Å². The number of nitrogens with zero attached hydrogens (tertiary/aromatic N) is 4. The Labute approximate surface area is 203 Å². The number of benzene rings is 2. The molecule has 1 amide bonds. The van der Waals surface area contributed by atoms with Crippen LogP contribution in [0.3, 0.4) is 0 Å². The quantitative estimate of drug-likeness (QED) is 0.253. The van der Waals surface area contributed by atoms with Crippen LogP contribution in [-0.4, -0.2) is 39.6 Å². The first-order chi connectivity index (χ1) is 16.3. The second kappa shape index (κ2) is 9.57. The van der Waals surface area contributed by atoms with Crippen molar-refractivity contribution in [2.75, 3.05) is 18.1 Å². The number of anilines is 1. The Hall–Kier alpha value is -3.83. The molecule has 4 rings (SSSR count). The summed E-state index contributed by atoms with van der Waals surface area (Å²) in [6.45, 7) is 11.5. The monoisotopic (exact) mass is 474 g/mol. The average molecular weight is 475 g/mol. The molecule has 1 aromatic heterocycles. The number of rotatable bonds is 7. The van der Waals surface area contributed by atoms with Crippen molar-refractivity contribution in [1.82, 2.24) is 9.88 Å². The SMILES string of the molecule is [C-]#[N+]c1ccc(N2C(=O)C(C)(C)N(CCCOc3ccc(-c4ccncc4)cc3)C2=S)cc1F. The molecule has 172 valence electrons. The van der Waals surface area contributed by atoms with E-state index in [0.29, 0.717) is 30.4 Å². The molecule has 1 aliphatic heterocycles. The molecular formula is C26H23FN4O2S. The Morgan fingerprint density at radius 1 is 1.09 bits per heavy atom. The van der Waals surface area contributed by atoms with Gasteiger partial charge in [-0.1, -0.05) is 18.2 Å². The number of thiocarbonyl (C=S) groups is 1. The zero-order valence-corrected chi connectivity index (χ0v) is 19.7. The van der Waals surface area contributed by atoms with Crippen molar-refractivity contribution in [3.63, 3.8) is 0 Å². The van der Waals surface area contributed by atoms with Crippen LogP contribution in [-0.2, 0) is 4.79 Å². The topological polar surface area (TPSA) is 50.0 Å². The van der Waals surface area contributed by atoms with E-state index in [4.69, 9.17) is 23.5 Å². The molecule has 1 saturated heterocycles. The first-order valence-corrected chi connectivity index (χ1v) is 11.2. The normalized spacial score (nSPS) is 14.9. The van der Waals surface area contributed by atoms with Gasteiger partial charge in [-0.3, -0.25) is 14.7 Å². The predicted molar refractivity (Wildman–Crippen MR) is 133 cm³/mol. The number of amides is 1. The zero-order valence-electron chi connectivity index (χ0n) is 18.9. The summed E-state index contributed by atoms with van der Waals surface area (Å²) in [5.41, 5.74) is 1.52. The second-order valence-electron chi connectivity index (χ2n) is 8.34. The van der Waals surface area contributed by atoms with Crippen LogP contribution in [0.2, 0.25) is 0 Å². The van der Waals surface area contributed by atoms with Gasteiger partial charge in [-0.15, -0.1) is 0 Å². The lowest BCUT2D eigenvalue weighted by Gasteiger charge is -2.29. The number of hydrogen-bond donors (Lipinski definition) is 0. The van der Waals surface area contributed by atoms with E-state index in [-0.39, 0.29) is 11.6 Å². The van der Waals surface area contributed by atoms with Crippen LogP contribution in [0.4, 0.5) is 15.8 Å². The Balaban J connectivity index is 1.37. The molecule has 0 saturated carbocycles. The number of carbonyl (C=O) groups is 1. The van der Waals surface area contributed by atoms with E-state index in [1.165, 1.54) is 17.0 Å². The molecule has 3 aromatic rings. The molecule has 0 aliphatic carbocycles. The standard InChI is InChI=1S/C26H23FN4O2S/c1-26(2)24(32)31(20-7-10-23(28-3)22(27)17-20)25(34)30(26)15-4-16-33-21-8-5-18(6-9-21)19-11-13-29-14-12-19/h5-14,17H,4,15-16H2,1-2H3. The van der Waals surface area contributed by atoms with E-state index in [0.717, 1.165) is 16.9 Å². The van der Waals surface area contributed by atoms with E-state index in [9.17, 15) is 9.18 Å². The van der Waals surface area contributed by atoms with Crippen LogP contribution in [0.25, 0.3) is 16.0 Å². The lowest BCUT2D eigenvalue weighted by atomic mass is 10.0. The highest BCUT2D eigenvalue weighted by molar-refractivity contribution is 7.80. The summed E-state index contributed by atoms with van der Waals surface area (Å²) in [4.78, 5) is 23.4. The van der Waals surface area contributed by atoms with Gasteiger partial charge in [0.15, 0.2) is 5.11 Å². The largest absolute Gasteiger partial charge is 0.494 e. The molecule has 6 nitrogen and oxygen atoms in total. The Morgan fingerprint density at radius 3 is 2.41 bits per heavy atom. The van der Waals surface area contributed by atoms with Gasteiger partial charge in [0.25, 0.3) is 5.91 Å². The summed E-state index contributed by atoms with van der Waals surface area (Å²) in [6.07, 6.45) is 4.16. The van der Waals surface area contributed by atoms with Gasteiger partial charge >= 0.3 is 0 Å². The molecule has 0 spiro atoms. The van der Waals surface area contributed by atoms with Crippen molar-refractivity contribution in [2.24, 2.45) is 0 Å². The first-order valence-electron chi connectivity index (χ1n) is 10.8. The lowest BCUT2D eigenvalue weighted by Crippen LogP contribution is -2.44. The van der Waals surface area contributed by atoms with Crippen LogP contribution >= 0.6 is 12.2 Å². The molecule has 1 fully saturated rings. The molecule has 2 aromatic carbocycles. The Bertz CT molecular complexity index is 1260. The van der Waals surface area contributed by atoms with Crippen molar-refractivity contribution in [1.29, 1.82) is 0 Å². The maximum absolute atomic E-state index is 14.2. The van der Waals surface area contributed by atoms with Crippen molar-refractivity contribution in [3.8, 4) is 16.9 Å². The molecule has 0 unspecified atom stereocenters. The summed E-state index contributed by atoms with van der Waals surface area (Å²) < 4.78 is 20.0. The average Bonchev–Trinajstić information content (AvgIpc) is 3.01. The van der Waals surface area contributed by atoms with Gasteiger partial charge in [-0.25, -0.2) is 9.24 Å². The van der Waals surface area contributed by atoms with Crippen LogP contribution in [0, 0.1) is 12.4 Å². The number of halogens is 1. The summed E-state index contributed by atoms with van der Waals surface area (Å²) in [5.74, 6) is -0.156. The Morgan fingerprint density at radius 2 is 1.76 bits per heavy atom. The second-order valence-corrected chi connectivity index (χ2v) is 8.71. The maximum atomic E-state index is 14.2. The van der Waals surface area contributed by atoms with Crippen LogP contribution in [0.5, 0.6) is 5.75 Å². The van der Waals surface area contributed by atoms with Gasteiger partial charge in [0.1, 0.15) is 17.1 Å². The van der Waals surface area contributed by atoms with Gasteiger partial charge in [0.2, 0.25) is 5.69 Å². The van der Waals surface area contributed by atoms with E-state index in [1.54, 1.807) is 32.3 Å². The van der Waals surface area contributed by atoms with Crippen molar-refractivity contribution in [3.05, 3.63) is 84.2 Å². The maximum Gasteiger partial charge on any atom is 0.258 e.